The van der Waals surface area contributed by atoms with Crippen molar-refractivity contribution < 1.29 is 8.94 Å². The average molecular weight is 127 g/mol. The van der Waals surface area contributed by atoms with Gasteiger partial charge in [0.05, 0.1) is 0 Å². The Morgan fingerprint density at radius 1 is 1.56 bits per heavy atom. The van der Waals surface area contributed by atoms with Crippen LogP contribution >= 0.6 is 0 Å². The lowest BCUT2D eigenvalue weighted by Gasteiger charge is -1.75. The number of hydrogen-bond donors (Lipinski definition) is 0. The van der Waals surface area contributed by atoms with E-state index in [0.717, 1.165) is 12.8 Å². The van der Waals surface area contributed by atoms with Gasteiger partial charge in [-0.1, -0.05) is 0 Å². The molecule has 1 aliphatic carbocycles. The Kier molecular flexibility index (Phi) is 0.777. The Bertz CT molecular complexity index is 257. The van der Waals surface area contributed by atoms with E-state index in [1.54, 1.807) is 0 Å². The Morgan fingerprint density at radius 3 is 2.78 bits per heavy atom. The van der Waals surface area contributed by atoms with Gasteiger partial charge in [-0.25, -0.2) is 4.79 Å². The summed E-state index contributed by atoms with van der Waals surface area (Å²) in [6.45, 7) is 0. The summed E-state index contributed by atoms with van der Waals surface area (Å²) in [6.07, 6.45) is 2.13. The van der Waals surface area contributed by atoms with Gasteiger partial charge in [-0.15, -0.1) is 0 Å². The second kappa shape index (κ2) is 1.46. The summed E-state index contributed by atoms with van der Waals surface area (Å²) >= 11 is 0. The lowest BCUT2D eigenvalue weighted by molar-refractivity contribution is 0.334. The van der Waals surface area contributed by atoms with Crippen molar-refractivity contribution >= 4 is 0 Å². The van der Waals surface area contributed by atoms with Crippen molar-refractivity contribution in [2.75, 3.05) is 0 Å². The lowest BCUT2D eigenvalue weighted by Crippen LogP contribution is -1.85. The fourth-order valence-electron chi connectivity index (χ4n) is 0.693. The van der Waals surface area contributed by atoms with E-state index in [0.29, 0.717) is 11.8 Å². The normalized spacial score (nSPS) is 18.2. The molecule has 0 N–H and O–H groups in total. The van der Waals surface area contributed by atoms with Crippen LogP contribution in [0.25, 0.3) is 0 Å². The molecule has 0 bridgehead atoms. The zero-order valence-electron chi connectivity index (χ0n) is 4.66. The van der Waals surface area contributed by atoms with E-state index in [-0.39, 0.29) is 0 Å². The van der Waals surface area contributed by atoms with E-state index in [4.69, 9.17) is 0 Å². The molecule has 1 aromatic heterocycles. The van der Waals surface area contributed by atoms with E-state index >= 15 is 0 Å². The Morgan fingerprint density at radius 2 is 2.33 bits per heavy atom. The molecule has 4 nitrogen and oxygen atoms in total. The van der Waals surface area contributed by atoms with E-state index in [9.17, 15) is 4.79 Å². The topological polar surface area (TPSA) is 56.2 Å². The standard InChI is InChI=1S/C5H5NO3/c7-5-8-4(6-9-5)3-1-2-3/h3H,1-2H2. The van der Waals surface area contributed by atoms with Gasteiger partial charge in [0.25, 0.3) is 0 Å². The smallest absolute Gasteiger partial charge is 0.375 e. The molecule has 0 amide bonds. The van der Waals surface area contributed by atoms with Gasteiger partial charge in [0, 0.05) is 5.92 Å². The summed E-state index contributed by atoms with van der Waals surface area (Å²) in [5.74, 6) is 0.119. The lowest BCUT2D eigenvalue weighted by atomic mass is 10.4. The minimum absolute atomic E-state index is 0.358. The first-order valence-corrected chi connectivity index (χ1v) is 2.83. The van der Waals surface area contributed by atoms with Gasteiger partial charge in [-0.2, -0.15) is 0 Å². The molecule has 9 heavy (non-hydrogen) atoms. The van der Waals surface area contributed by atoms with Crippen LogP contribution in [0.1, 0.15) is 24.7 Å². The van der Waals surface area contributed by atoms with Gasteiger partial charge in [0.15, 0.2) is 0 Å². The number of aromatic nitrogens is 1. The van der Waals surface area contributed by atoms with Gasteiger partial charge in [-0.3, -0.25) is 4.52 Å². The Balaban J connectivity index is 2.38. The Hall–Kier alpha value is -1.06. The minimum atomic E-state index is -0.697. The third-order valence-corrected chi connectivity index (χ3v) is 1.32. The summed E-state index contributed by atoms with van der Waals surface area (Å²) in [7, 11) is 0. The summed E-state index contributed by atoms with van der Waals surface area (Å²) in [4.78, 5) is 10.2. The van der Waals surface area contributed by atoms with E-state index in [1.165, 1.54) is 0 Å². The first-order valence-electron chi connectivity index (χ1n) is 2.83. The van der Waals surface area contributed by atoms with Crippen LogP contribution in [0.4, 0.5) is 0 Å². The molecule has 1 heterocycles. The van der Waals surface area contributed by atoms with Crippen molar-refractivity contribution in [2.45, 2.75) is 18.8 Å². The molecule has 0 saturated heterocycles. The molecule has 0 atom stereocenters. The molecule has 4 heteroatoms. The number of hydrogen-bond acceptors (Lipinski definition) is 4. The number of rotatable bonds is 1. The summed E-state index contributed by atoms with van der Waals surface area (Å²) in [5, 5.41) is 3.42. The molecule has 1 fully saturated rings. The molecule has 0 spiro atoms. The second-order valence-electron chi connectivity index (χ2n) is 2.15. The molecular weight excluding hydrogens is 122 g/mol. The predicted molar refractivity (Wildman–Crippen MR) is 27.0 cm³/mol. The van der Waals surface area contributed by atoms with Crippen LogP contribution in [0.5, 0.6) is 0 Å². The van der Waals surface area contributed by atoms with Gasteiger partial charge >= 0.3 is 5.82 Å². The zero-order valence-corrected chi connectivity index (χ0v) is 4.66. The van der Waals surface area contributed by atoms with Crippen LogP contribution in [0.15, 0.2) is 13.7 Å². The van der Waals surface area contributed by atoms with Gasteiger partial charge in [0.1, 0.15) is 0 Å². The van der Waals surface area contributed by atoms with E-state index < -0.39 is 5.82 Å². The van der Waals surface area contributed by atoms with Crippen molar-refractivity contribution in [3.8, 4) is 0 Å². The Labute approximate surface area is 50.5 Å². The monoisotopic (exact) mass is 127 g/mol. The fourth-order valence-corrected chi connectivity index (χ4v) is 0.693. The molecule has 1 saturated carbocycles. The minimum Gasteiger partial charge on any atom is -0.375 e. The molecule has 1 aromatic rings. The molecular formula is C5H5NO3. The van der Waals surface area contributed by atoms with Gasteiger partial charge in [-0.05, 0) is 18.0 Å². The SMILES string of the molecule is O=c1onc(C2CC2)o1. The summed E-state index contributed by atoms with van der Waals surface area (Å²) < 4.78 is 8.77. The average Bonchev–Trinajstić information content (AvgIpc) is 2.58. The van der Waals surface area contributed by atoms with Crippen molar-refractivity contribution in [2.24, 2.45) is 0 Å². The molecule has 48 valence electrons. The van der Waals surface area contributed by atoms with Crippen LogP contribution in [0.3, 0.4) is 0 Å². The third-order valence-electron chi connectivity index (χ3n) is 1.32. The molecule has 0 aliphatic heterocycles. The molecule has 2 rings (SSSR count). The van der Waals surface area contributed by atoms with Crippen molar-refractivity contribution in [3.05, 3.63) is 16.5 Å². The van der Waals surface area contributed by atoms with E-state index in [2.05, 4.69) is 14.1 Å². The van der Waals surface area contributed by atoms with Crippen molar-refractivity contribution in [1.29, 1.82) is 0 Å². The maximum absolute atomic E-state index is 10.2. The number of nitrogens with zero attached hydrogens (tertiary/aromatic N) is 1. The summed E-state index contributed by atoms with van der Waals surface area (Å²) in [6, 6.07) is 0. The third kappa shape index (κ3) is 0.759. The van der Waals surface area contributed by atoms with Gasteiger partial charge < -0.3 is 4.42 Å². The van der Waals surface area contributed by atoms with Gasteiger partial charge in [0.2, 0.25) is 5.89 Å². The largest absolute Gasteiger partial charge is 0.542 e. The van der Waals surface area contributed by atoms with Crippen LogP contribution in [-0.4, -0.2) is 5.16 Å². The fraction of sp³-hybridized carbons (Fsp3) is 0.600. The first-order chi connectivity index (χ1) is 4.36. The molecule has 0 unspecified atom stereocenters. The predicted octanol–water partition coefficient (Wildman–Crippen LogP) is 0.505. The molecule has 0 radical (unpaired) electrons. The molecule has 0 aromatic carbocycles. The molecule has 1 aliphatic rings. The quantitative estimate of drug-likeness (QED) is 0.551. The highest BCUT2D eigenvalue weighted by atomic mass is 16.6. The maximum Gasteiger partial charge on any atom is 0.542 e. The highest BCUT2D eigenvalue weighted by Crippen LogP contribution is 2.38. The van der Waals surface area contributed by atoms with Crippen LogP contribution < -0.4 is 5.82 Å². The van der Waals surface area contributed by atoms with E-state index in [1.807, 2.05) is 0 Å². The highest BCUT2D eigenvalue weighted by molar-refractivity contribution is 4.97. The highest BCUT2D eigenvalue weighted by Gasteiger charge is 2.29. The first kappa shape index (κ1) is 4.78. The van der Waals surface area contributed by atoms with Crippen molar-refractivity contribution in [1.82, 2.24) is 5.16 Å². The van der Waals surface area contributed by atoms with Crippen LogP contribution in [0, 0.1) is 0 Å². The summed E-state index contributed by atoms with van der Waals surface area (Å²) in [5.41, 5.74) is 0. The zero-order chi connectivity index (χ0) is 6.27. The van der Waals surface area contributed by atoms with Crippen molar-refractivity contribution in [3.63, 3.8) is 0 Å². The maximum atomic E-state index is 10.2. The van der Waals surface area contributed by atoms with Crippen LogP contribution in [-0.2, 0) is 0 Å². The second-order valence-corrected chi connectivity index (χ2v) is 2.15. The van der Waals surface area contributed by atoms with Crippen LogP contribution in [0.2, 0.25) is 0 Å².